The van der Waals surface area contributed by atoms with Gasteiger partial charge in [0.05, 0.1) is 0 Å². The average molecular weight is 525 g/mol. The molecule has 36 heavy (non-hydrogen) atoms. The summed E-state index contributed by atoms with van der Waals surface area (Å²) in [5.74, 6) is 1.47. The van der Waals surface area contributed by atoms with Crippen molar-refractivity contribution in [1.82, 2.24) is 15.2 Å². The van der Waals surface area contributed by atoms with E-state index in [1.54, 1.807) is 24.4 Å². The minimum atomic E-state index is 0.0956. The number of ether oxygens (including phenoxy) is 1. The van der Waals surface area contributed by atoms with Gasteiger partial charge < -0.3 is 20.7 Å². The number of nitrogens with one attached hydrogen (secondary N) is 1. The molecule has 6 nitrogen and oxygen atoms in total. The Bertz CT molecular complexity index is 1200. The molecule has 1 aliphatic carbocycles. The van der Waals surface area contributed by atoms with E-state index in [9.17, 15) is 4.79 Å². The fraction of sp³-hybridized carbons (Fsp3) is 0.357. The lowest BCUT2D eigenvalue weighted by molar-refractivity contribution is 0.0733. The first-order valence-electron chi connectivity index (χ1n) is 12.4. The van der Waals surface area contributed by atoms with Gasteiger partial charge in [-0.3, -0.25) is 4.79 Å². The summed E-state index contributed by atoms with van der Waals surface area (Å²) in [5, 5.41) is 4.58. The van der Waals surface area contributed by atoms with Crippen LogP contribution in [0.25, 0.3) is 11.1 Å². The number of halogens is 2. The third-order valence-corrected chi connectivity index (χ3v) is 7.55. The van der Waals surface area contributed by atoms with Gasteiger partial charge in [0.15, 0.2) is 11.6 Å². The van der Waals surface area contributed by atoms with Crippen molar-refractivity contribution in [2.75, 3.05) is 25.4 Å². The van der Waals surface area contributed by atoms with Gasteiger partial charge in [-0.15, -0.1) is 0 Å². The molecule has 8 heteroatoms. The van der Waals surface area contributed by atoms with Crippen molar-refractivity contribution < 1.29 is 9.53 Å². The number of hydrogen-bond acceptors (Lipinski definition) is 5. The van der Waals surface area contributed by atoms with E-state index >= 15 is 0 Å². The van der Waals surface area contributed by atoms with Gasteiger partial charge in [-0.2, -0.15) is 0 Å². The molecule has 1 saturated heterocycles. The number of carbonyl (C=O) groups is 1. The maximum absolute atomic E-state index is 13.3. The van der Waals surface area contributed by atoms with Crippen molar-refractivity contribution in [2.45, 2.75) is 38.3 Å². The molecule has 2 heterocycles. The number of nitrogens with two attached hydrogens (primary N) is 1. The van der Waals surface area contributed by atoms with Crippen LogP contribution >= 0.6 is 23.2 Å². The van der Waals surface area contributed by atoms with Crippen molar-refractivity contribution in [3.05, 3.63) is 75.9 Å². The second kappa shape index (κ2) is 11.1. The highest BCUT2D eigenvalue weighted by Crippen LogP contribution is 2.32. The van der Waals surface area contributed by atoms with Crippen molar-refractivity contribution in [3.8, 4) is 16.9 Å². The number of nitrogen functional groups attached to an aromatic ring is 1. The van der Waals surface area contributed by atoms with Crippen molar-refractivity contribution in [1.29, 1.82) is 0 Å². The van der Waals surface area contributed by atoms with Gasteiger partial charge in [0, 0.05) is 52.1 Å². The molecule has 0 radical (unpaired) electrons. The third-order valence-electron chi connectivity index (χ3n) is 6.85. The first kappa shape index (κ1) is 24.9. The van der Waals surface area contributed by atoms with Gasteiger partial charge in [-0.1, -0.05) is 41.4 Å². The highest BCUT2D eigenvalue weighted by Gasteiger charge is 2.29. The molecule has 3 N–H and O–H groups in total. The molecule has 1 saturated carbocycles. The van der Waals surface area contributed by atoms with Crippen LogP contribution in [0.2, 0.25) is 10.0 Å². The van der Waals surface area contributed by atoms with Crippen LogP contribution in [0.15, 0.2) is 54.7 Å². The zero-order valence-electron chi connectivity index (χ0n) is 20.1. The largest absolute Gasteiger partial charge is 0.485 e. The van der Waals surface area contributed by atoms with Crippen molar-refractivity contribution in [3.63, 3.8) is 0 Å². The Hall–Kier alpha value is -2.80. The van der Waals surface area contributed by atoms with Crippen LogP contribution in [0, 0.1) is 5.92 Å². The SMILES string of the molecule is Nc1ncc(-c2ccc(C(=O)N(CC3CC3)C[C@H]3CCCN3)cc2)cc1OCc1c(Cl)cccc1Cl. The molecule has 1 amide bonds. The lowest BCUT2D eigenvalue weighted by Gasteiger charge is -2.26. The fourth-order valence-corrected chi connectivity index (χ4v) is 5.07. The summed E-state index contributed by atoms with van der Waals surface area (Å²) in [4.78, 5) is 19.7. The molecule has 1 aliphatic heterocycles. The molecule has 0 spiro atoms. The first-order chi connectivity index (χ1) is 17.5. The number of hydrogen-bond donors (Lipinski definition) is 2. The van der Waals surface area contributed by atoms with E-state index in [0.717, 1.165) is 37.2 Å². The molecule has 2 aliphatic rings. The minimum Gasteiger partial charge on any atom is -0.485 e. The third kappa shape index (κ3) is 5.94. The molecular formula is C28H30Cl2N4O2. The number of aromatic nitrogens is 1. The molecule has 0 unspecified atom stereocenters. The molecular weight excluding hydrogens is 495 g/mol. The lowest BCUT2D eigenvalue weighted by Crippen LogP contribution is -2.42. The monoisotopic (exact) mass is 524 g/mol. The van der Waals surface area contributed by atoms with Crippen LogP contribution in [-0.4, -0.2) is 41.5 Å². The first-order valence-corrected chi connectivity index (χ1v) is 13.2. The number of anilines is 1. The van der Waals surface area contributed by atoms with Gasteiger partial charge >= 0.3 is 0 Å². The van der Waals surface area contributed by atoms with E-state index in [0.29, 0.717) is 38.9 Å². The highest BCUT2D eigenvalue weighted by molar-refractivity contribution is 6.35. The normalized spacial score (nSPS) is 17.2. The van der Waals surface area contributed by atoms with Crippen LogP contribution < -0.4 is 15.8 Å². The maximum atomic E-state index is 13.3. The second-order valence-corrected chi connectivity index (χ2v) is 10.4. The van der Waals surface area contributed by atoms with Crippen LogP contribution in [0.1, 0.15) is 41.6 Å². The standard InChI is InChI=1S/C28H30Cl2N4O2/c29-24-4-1-5-25(30)23(24)17-36-26-13-21(14-33-27(26)31)19-8-10-20(11-9-19)28(35)34(15-18-6-7-18)16-22-3-2-12-32-22/h1,4-5,8-11,13-14,18,22,32H,2-3,6-7,12,15-17H2,(H2,31,33)/t22-/m1/s1. The maximum Gasteiger partial charge on any atom is 0.253 e. The minimum absolute atomic E-state index is 0.0956. The molecule has 0 bridgehead atoms. The Labute approximate surface area is 221 Å². The quantitative estimate of drug-likeness (QED) is 0.368. The number of pyridine rings is 1. The van der Waals surface area contributed by atoms with E-state index < -0.39 is 0 Å². The fourth-order valence-electron chi connectivity index (χ4n) is 4.57. The molecule has 2 aromatic carbocycles. The number of carbonyl (C=O) groups excluding carboxylic acids is 1. The van der Waals surface area contributed by atoms with Crippen LogP contribution in [0.5, 0.6) is 5.75 Å². The number of amides is 1. The van der Waals surface area contributed by atoms with E-state index in [1.165, 1.54) is 19.3 Å². The molecule has 188 valence electrons. The van der Waals surface area contributed by atoms with Crippen LogP contribution in [-0.2, 0) is 6.61 Å². The molecule has 1 aromatic heterocycles. The summed E-state index contributed by atoms with van der Waals surface area (Å²) >= 11 is 12.5. The zero-order valence-corrected chi connectivity index (χ0v) is 21.6. The Morgan fingerprint density at radius 3 is 2.47 bits per heavy atom. The smallest absolute Gasteiger partial charge is 0.253 e. The molecule has 1 atom stereocenters. The van der Waals surface area contributed by atoms with Crippen LogP contribution in [0.3, 0.4) is 0 Å². The van der Waals surface area contributed by atoms with Gasteiger partial charge in [0.2, 0.25) is 0 Å². The summed E-state index contributed by atoms with van der Waals surface area (Å²) < 4.78 is 5.92. The highest BCUT2D eigenvalue weighted by atomic mass is 35.5. The molecule has 5 rings (SSSR count). The lowest BCUT2D eigenvalue weighted by atomic mass is 10.0. The predicted octanol–water partition coefficient (Wildman–Crippen LogP) is 5.82. The summed E-state index contributed by atoms with van der Waals surface area (Å²) in [6.45, 7) is 2.83. The summed E-state index contributed by atoms with van der Waals surface area (Å²) in [7, 11) is 0. The molecule has 3 aromatic rings. The predicted molar refractivity (Wildman–Crippen MR) is 145 cm³/mol. The van der Waals surface area contributed by atoms with Gasteiger partial charge in [0.1, 0.15) is 6.61 Å². The summed E-state index contributed by atoms with van der Waals surface area (Å²) in [6.07, 6.45) is 6.45. The van der Waals surface area contributed by atoms with Crippen molar-refractivity contribution >= 4 is 34.9 Å². The topological polar surface area (TPSA) is 80.5 Å². The number of benzene rings is 2. The Kier molecular flexibility index (Phi) is 7.65. The van der Waals surface area contributed by atoms with E-state index in [1.807, 2.05) is 35.2 Å². The Morgan fingerprint density at radius 2 is 1.81 bits per heavy atom. The van der Waals surface area contributed by atoms with Crippen LogP contribution in [0.4, 0.5) is 5.82 Å². The Morgan fingerprint density at radius 1 is 1.06 bits per heavy atom. The summed E-state index contributed by atoms with van der Waals surface area (Å²) in [5.41, 5.74) is 9.21. The van der Waals surface area contributed by atoms with Gasteiger partial charge in [0.25, 0.3) is 5.91 Å². The van der Waals surface area contributed by atoms with E-state index in [2.05, 4.69) is 10.3 Å². The second-order valence-electron chi connectivity index (χ2n) is 9.62. The Balaban J connectivity index is 1.29. The number of rotatable bonds is 9. The zero-order chi connectivity index (χ0) is 25.1. The van der Waals surface area contributed by atoms with E-state index in [-0.39, 0.29) is 18.3 Å². The van der Waals surface area contributed by atoms with Gasteiger partial charge in [-0.25, -0.2) is 4.98 Å². The number of nitrogens with zero attached hydrogens (tertiary/aromatic N) is 2. The average Bonchev–Trinajstić information content (AvgIpc) is 3.55. The van der Waals surface area contributed by atoms with Crippen molar-refractivity contribution in [2.24, 2.45) is 5.92 Å². The molecule has 2 fully saturated rings. The van der Waals surface area contributed by atoms with E-state index in [4.69, 9.17) is 33.7 Å². The van der Waals surface area contributed by atoms with Gasteiger partial charge in [-0.05, 0) is 74.0 Å². The summed E-state index contributed by atoms with van der Waals surface area (Å²) in [6, 6.07) is 15.2.